The number of imidazole rings is 1. The monoisotopic (exact) mass is 406 g/mol. The summed E-state index contributed by atoms with van der Waals surface area (Å²) in [4.78, 5) is 4.84. The quantitative estimate of drug-likeness (QED) is 0.326. The summed E-state index contributed by atoms with van der Waals surface area (Å²) in [7, 11) is 1.66. The molecule has 4 rings (SSSR count). The predicted molar refractivity (Wildman–Crippen MR) is 118 cm³/mol. The Labute approximate surface area is 175 Å². The van der Waals surface area contributed by atoms with E-state index >= 15 is 0 Å². The molecule has 0 amide bonds. The zero-order valence-corrected chi connectivity index (χ0v) is 17.1. The molecule has 3 aromatic carbocycles. The molecule has 0 fully saturated rings. The molecule has 1 aromatic heterocycles. The maximum Gasteiger partial charge on any atom is 0.142 e. The molecule has 0 bridgehead atoms. The first-order chi connectivity index (χ1) is 14.3. The van der Waals surface area contributed by atoms with E-state index in [1.807, 2.05) is 66.7 Å². The standard InChI is InChI=1S/C24H23ClN2O2/c1-28-18-12-14-19(15-13-18)29-17-7-6-16-27-23-11-5-4-10-22(23)26-24(27)20-8-2-3-9-21(20)25/h2-5,8-15H,6-7,16-17H2,1H3. The van der Waals surface area contributed by atoms with Gasteiger partial charge < -0.3 is 14.0 Å². The Morgan fingerprint density at radius 1 is 0.862 bits per heavy atom. The molecule has 0 saturated carbocycles. The molecule has 4 aromatic rings. The van der Waals surface area contributed by atoms with Crippen LogP contribution in [0.5, 0.6) is 11.5 Å². The van der Waals surface area contributed by atoms with Gasteiger partial charge in [-0.2, -0.15) is 0 Å². The lowest BCUT2D eigenvalue weighted by Crippen LogP contribution is -2.04. The van der Waals surface area contributed by atoms with Gasteiger partial charge in [-0.05, 0) is 61.4 Å². The van der Waals surface area contributed by atoms with Crippen LogP contribution >= 0.6 is 11.6 Å². The van der Waals surface area contributed by atoms with E-state index in [1.165, 1.54) is 0 Å². The topological polar surface area (TPSA) is 36.3 Å². The Bertz CT molecular complexity index is 1090. The van der Waals surface area contributed by atoms with E-state index in [2.05, 4.69) is 10.6 Å². The van der Waals surface area contributed by atoms with Gasteiger partial charge >= 0.3 is 0 Å². The van der Waals surface area contributed by atoms with Crippen LogP contribution in [-0.2, 0) is 6.54 Å². The Kier molecular flexibility index (Phi) is 6.01. The van der Waals surface area contributed by atoms with E-state index in [0.29, 0.717) is 11.6 Å². The van der Waals surface area contributed by atoms with Crippen molar-refractivity contribution in [2.75, 3.05) is 13.7 Å². The Morgan fingerprint density at radius 2 is 1.59 bits per heavy atom. The number of nitrogens with zero attached hydrogens (tertiary/aromatic N) is 2. The highest BCUT2D eigenvalue weighted by atomic mass is 35.5. The second kappa shape index (κ2) is 9.01. The van der Waals surface area contributed by atoms with Crippen molar-refractivity contribution in [3.05, 3.63) is 77.8 Å². The van der Waals surface area contributed by atoms with E-state index < -0.39 is 0 Å². The van der Waals surface area contributed by atoms with Gasteiger partial charge in [-0.3, -0.25) is 0 Å². The number of rotatable bonds is 8. The smallest absolute Gasteiger partial charge is 0.142 e. The van der Waals surface area contributed by atoms with Crippen molar-refractivity contribution in [1.29, 1.82) is 0 Å². The molecule has 0 unspecified atom stereocenters. The van der Waals surface area contributed by atoms with Crippen LogP contribution in [0.2, 0.25) is 5.02 Å². The third-order valence-corrected chi connectivity index (χ3v) is 5.20. The minimum absolute atomic E-state index is 0.667. The van der Waals surface area contributed by atoms with Crippen molar-refractivity contribution in [2.24, 2.45) is 0 Å². The molecule has 0 saturated heterocycles. The van der Waals surface area contributed by atoms with Gasteiger partial charge in [-0.15, -0.1) is 0 Å². The highest BCUT2D eigenvalue weighted by molar-refractivity contribution is 6.33. The summed E-state index contributed by atoms with van der Waals surface area (Å²) in [6, 6.07) is 23.7. The van der Waals surface area contributed by atoms with Crippen LogP contribution in [-0.4, -0.2) is 23.3 Å². The molecule has 29 heavy (non-hydrogen) atoms. The van der Waals surface area contributed by atoms with Crippen LogP contribution in [0.15, 0.2) is 72.8 Å². The fraction of sp³-hybridized carbons (Fsp3) is 0.208. The Morgan fingerprint density at radius 3 is 2.38 bits per heavy atom. The van der Waals surface area contributed by atoms with Crippen LogP contribution in [0.25, 0.3) is 22.4 Å². The molecule has 0 spiro atoms. The maximum atomic E-state index is 6.45. The summed E-state index contributed by atoms with van der Waals surface area (Å²) in [6.45, 7) is 1.52. The second-order valence-corrected chi connectivity index (χ2v) is 7.19. The molecule has 5 heteroatoms. The van der Waals surface area contributed by atoms with E-state index in [1.54, 1.807) is 7.11 Å². The zero-order chi connectivity index (χ0) is 20.1. The highest BCUT2D eigenvalue weighted by Crippen LogP contribution is 2.30. The minimum atomic E-state index is 0.667. The third-order valence-electron chi connectivity index (χ3n) is 4.87. The summed E-state index contributed by atoms with van der Waals surface area (Å²) >= 11 is 6.45. The Balaban J connectivity index is 1.44. The van der Waals surface area contributed by atoms with Gasteiger partial charge in [0.05, 0.1) is 29.8 Å². The maximum absolute atomic E-state index is 6.45. The van der Waals surface area contributed by atoms with Crippen molar-refractivity contribution in [3.8, 4) is 22.9 Å². The van der Waals surface area contributed by atoms with Crippen molar-refractivity contribution >= 4 is 22.6 Å². The zero-order valence-electron chi connectivity index (χ0n) is 16.3. The number of hydrogen-bond donors (Lipinski definition) is 0. The van der Waals surface area contributed by atoms with E-state index in [9.17, 15) is 0 Å². The van der Waals surface area contributed by atoms with Crippen LogP contribution in [0.1, 0.15) is 12.8 Å². The number of aryl methyl sites for hydroxylation is 1. The molecular formula is C24H23ClN2O2. The van der Waals surface area contributed by atoms with Gasteiger partial charge in [-0.25, -0.2) is 4.98 Å². The molecule has 0 aliphatic heterocycles. The van der Waals surface area contributed by atoms with Crippen LogP contribution in [0.4, 0.5) is 0 Å². The first-order valence-electron chi connectivity index (χ1n) is 9.73. The number of ether oxygens (including phenoxy) is 2. The fourth-order valence-corrected chi connectivity index (χ4v) is 3.60. The van der Waals surface area contributed by atoms with Crippen molar-refractivity contribution in [3.63, 3.8) is 0 Å². The first kappa shape index (κ1) is 19.3. The number of unbranched alkanes of at least 4 members (excludes halogenated alkanes) is 1. The molecule has 0 aliphatic carbocycles. The van der Waals surface area contributed by atoms with Crippen LogP contribution in [0.3, 0.4) is 0 Å². The van der Waals surface area contributed by atoms with Gasteiger partial charge in [0, 0.05) is 12.1 Å². The molecule has 1 heterocycles. The largest absolute Gasteiger partial charge is 0.497 e. The molecule has 0 radical (unpaired) electrons. The van der Waals surface area contributed by atoms with Gasteiger partial charge in [0.25, 0.3) is 0 Å². The van der Waals surface area contributed by atoms with Gasteiger partial charge in [0.1, 0.15) is 17.3 Å². The van der Waals surface area contributed by atoms with E-state index in [4.69, 9.17) is 26.1 Å². The lowest BCUT2D eigenvalue weighted by atomic mass is 10.2. The average molecular weight is 407 g/mol. The molecule has 148 valence electrons. The van der Waals surface area contributed by atoms with E-state index in [0.717, 1.165) is 53.3 Å². The molecule has 0 aliphatic rings. The molecular weight excluding hydrogens is 384 g/mol. The summed E-state index contributed by atoms with van der Waals surface area (Å²) in [5.41, 5.74) is 3.07. The summed E-state index contributed by atoms with van der Waals surface area (Å²) in [6.07, 6.45) is 1.93. The number of hydrogen-bond acceptors (Lipinski definition) is 3. The number of methoxy groups -OCH3 is 1. The lowest BCUT2D eigenvalue weighted by molar-refractivity contribution is 0.303. The van der Waals surface area contributed by atoms with Crippen LogP contribution in [0, 0.1) is 0 Å². The van der Waals surface area contributed by atoms with Crippen molar-refractivity contribution in [1.82, 2.24) is 9.55 Å². The summed E-state index contributed by atoms with van der Waals surface area (Å²) in [5.74, 6) is 2.60. The van der Waals surface area contributed by atoms with Crippen molar-refractivity contribution < 1.29 is 9.47 Å². The first-order valence-corrected chi connectivity index (χ1v) is 10.1. The fourth-order valence-electron chi connectivity index (χ4n) is 3.38. The minimum Gasteiger partial charge on any atom is -0.497 e. The van der Waals surface area contributed by atoms with Gasteiger partial charge in [-0.1, -0.05) is 35.9 Å². The summed E-state index contributed by atoms with van der Waals surface area (Å²) < 4.78 is 13.3. The number of fused-ring (bicyclic) bond motifs is 1. The van der Waals surface area contributed by atoms with E-state index in [-0.39, 0.29) is 0 Å². The van der Waals surface area contributed by atoms with Crippen LogP contribution < -0.4 is 9.47 Å². The van der Waals surface area contributed by atoms with Gasteiger partial charge in [0.2, 0.25) is 0 Å². The summed E-state index contributed by atoms with van der Waals surface area (Å²) in [5, 5.41) is 0.715. The number of para-hydroxylation sites is 2. The Hall–Kier alpha value is -2.98. The second-order valence-electron chi connectivity index (χ2n) is 6.79. The molecule has 0 N–H and O–H groups in total. The van der Waals surface area contributed by atoms with Gasteiger partial charge in [0.15, 0.2) is 0 Å². The highest BCUT2D eigenvalue weighted by Gasteiger charge is 2.14. The van der Waals surface area contributed by atoms with Crippen molar-refractivity contribution in [2.45, 2.75) is 19.4 Å². The molecule has 0 atom stereocenters. The number of aromatic nitrogens is 2. The lowest BCUT2D eigenvalue weighted by Gasteiger charge is -2.11. The normalized spacial score (nSPS) is 11.0. The third kappa shape index (κ3) is 4.38. The number of halogens is 1. The average Bonchev–Trinajstić information content (AvgIpc) is 3.12. The SMILES string of the molecule is COc1ccc(OCCCCn2c(-c3ccccc3Cl)nc3ccccc32)cc1. The number of benzene rings is 3. The molecule has 4 nitrogen and oxygen atoms in total. The predicted octanol–water partition coefficient (Wildman–Crippen LogP) is 6.22.